The van der Waals surface area contributed by atoms with Crippen molar-refractivity contribution in [3.63, 3.8) is 0 Å². The smallest absolute Gasteiger partial charge is 0.254 e. The molecule has 6 rings (SSSR count). The van der Waals surface area contributed by atoms with E-state index in [-0.39, 0.29) is 5.91 Å². The third-order valence-corrected chi connectivity index (χ3v) is 7.02. The van der Waals surface area contributed by atoms with E-state index in [1.54, 1.807) is 7.11 Å². The number of ether oxygens (including phenoxy) is 1. The molecule has 2 aromatic heterocycles. The normalized spacial score (nSPS) is 14.2. The largest absolute Gasteiger partial charge is 0.497 e. The van der Waals surface area contributed by atoms with Gasteiger partial charge in [0.2, 0.25) is 5.95 Å². The number of hydrogen-bond acceptors (Lipinski definition) is 6. The van der Waals surface area contributed by atoms with Crippen LogP contribution in [0.1, 0.15) is 22.3 Å². The second-order valence-electron chi connectivity index (χ2n) is 9.29. The summed E-state index contributed by atoms with van der Waals surface area (Å²) in [7, 11) is 1.65. The van der Waals surface area contributed by atoms with E-state index in [9.17, 15) is 4.79 Å². The topological polar surface area (TPSA) is 75.9 Å². The summed E-state index contributed by atoms with van der Waals surface area (Å²) >= 11 is 0. The van der Waals surface area contributed by atoms with Gasteiger partial charge < -0.3 is 14.5 Å². The fraction of sp³-hybridized carbons (Fsp3) is 0.241. The van der Waals surface area contributed by atoms with Crippen LogP contribution >= 0.6 is 0 Å². The highest BCUT2D eigenvalue weighted by molar-refractivity contribution is 5.96. The van der Waals surface area contributed by atoms with Crippen LogP contribution in [0, 0.1) is 6.92 Å². The van der Waals surface area contributed by atoms with Gasteiger partial charge in [0.1, 0.15) is 5.75 Å². The lowest BCUT2D eigenvalue weighted by atomic mass is 10.1. The number of benzene rings is 3. The number of methoxy groups -OCH3 is 1. The predicted molar refractivity (Wildman–Crippen MR) is 144 cm³/mol. The van der Waals surface area contributed by atoms with Gasteiger partial charge in [0, 0.05) is 42.7 Å². The van der Waals surface area contributed by atoms with Crippen molar-refractivity contribution in [1.82, 2.24) is 24.5 Å². The first-order valence-corrected chi connectivity index (χ1v) is 12.5. The molecule has 8 nitrogen and oxygen atoms in total. The van der Waals surface area contributed by atoms with Crippen molar-refractivity contribution in [1.29, 1.82) is 0 Å². The van der Waals surface area contributed by atoms with Gasteiger partial charge in [-0.05, 0) is 61.4 Å². The van der Waals surface area contributed by atoms with E-state index >= 15 is 0 Å². The standard InChI is InChI=1S/C29H28N6O2/c1-20-8-3-4-9-23(20)28(36)33-16-7-17-34(19-18-33)29-30-25-11-6-5-10-24(25)27-32-31-26(35(27)29)21-12-14-22(37-2)15-13-21/h3-6,8-15H,7,16-19H2,1-2H3. The number of rotatable bonds is 4. The number of fused-ring (bicyclic) bond motifs is 3. The Kier molecular flexibility index (Phi) is 5.92. The number of carbonyl (C=O) groups excluding carboxylic acids is 1. The Morgan fingerprint density at radius 3 is 2.46 bits per heavy atom. The summed E-state index contributed by atoms with van der Waals surface area (Å²) in [5, 5.41) is 10.1. The van der Waals surface area contributed by atoms with Crippen molar-refractivity contribution in [2.45, 2.75) is 13.3 Å². The highest BCUT2D eigenvalue weighted by Gasteiger charge is 2.25. The van der Waals surface area contributed by atoms with Crippen LogP contribution in [0.4, 0.5) is 5.95 Å². The molecule has 0 atom stereocenters. The summed E-state index contributed by atoms with van der Waals surface area (Å²) in [5.41, 5.74) is 4.33. The number of para-hydroxylation sites is 1. The van der Waals surface area contributed by atoms with Crippen LogP contribution in [0.5, 0.6) is 5.75 Å². The Hall–Kier alpha value is -4.46. The first kappa shape index (κ1) is 23.0. The van der Waals surface area contributed by atoms with Crippen LogP contribution in [0.3, 0.4) is 0 Å². The predicted octanol–water partition coefficient (Wildman–Crippen LogP) is 4.61. The van der Waals surface area contributed by atoms with Crippen molar-refractivity contribution >= 4 is 28.4 Å². The number of aryl methyl sites for hydroxylation is 1. The maximum Gasteiger partial charge on any atom is 0.254 e. The highest BCUT2D eigenvalue weighted by Crippen LogP contribution is 2.30. The van der Waals surface area contributed by atoms with Gasteiger partial charge in [-0.2, -0.15) is 0 Å². The molecule has 0 N–H and O–H groups in total. The molecule has 1 aliphatic heterocycles. The van der Waals surface area contributed by atoms with Crippen molar-refractivity contribution in [2.75, 3.05) is 38.2 Å². The van der Waals surface area contributed by atoms with E-state index in [4.69, 9.17) is 9.72 Å². The van der Waals surface area contributed by atoms with E-state index < -0.39 is 0 Å². The lowest BCUT2D eigenvalue weighted by Crippen LogP contribution is -2.36. The highest BCUT2D eigenvalue weighted by atomic mass is 16.5. The molecule has 1 aliphatic rings. The summed E-state index contributed by atoms with van der Waals surface area (Å²) in [6.45, 7) is 4.74. The van der Waals surface area contributed by atoms with Crippen molar-refractivity contribution < 1.29 is 9.53 Å². The first-order chi connectivity index (χ1) is 18.1. The number of nitrogens with zero attached hydrogens (tertiary/aromatic N) is 6. The van der Waals surface area contributed by atoms with Crippen molar-refractivity contribution in [2.24, 2.45) is 0 Å². The van der Waals surface area contributed by atoms with E-state index in [0.29, 0.717) is 19.6 Å². The fourth-order valence-electron chi connectivity index (χ4n) is 5.01. The molecule has 0 bridgehead atoms. The SMILES string of the molecule is COc1ccc(-c2nnc3c4ccccc4nc(N4CCCN(C(=O)c5ccccc5C)CC4)n23)cc1. The molecule has 1 fully saturated rings. The molecule has 1 saturated heterocycles. The molecule has 0 spiro atoms. The van der Waals surface area contributed by atoms with Crippen LogP contribution in [0.15, 0.2) is 72.8 Å². The Morgan fingerprint density at radius 1 is 0.865 bits per heavy atom. The lowest BCUT2D eigenvalue weighted by molar-refractivity contribution is 0.0766. The number of amides is 1. The van der Waals surface area contributed by atoms with E-state index in [1.807, 2.05) is 89.0 Å². The Labute approximate surface area is 215 Å². The molecule has 1 amide bonds. The molecular weight excluding hydrogens is 464 g/mol. The Bertz CT molecular complexity index is 1590. The molecule has 0 saturated carbocycles. The second-order valence-corrected chi connectivity index (χ2v) is 9.29. The van der Waals surface area contributed by atoms with Crippen LogP contribution in [0.2, 0.25) is 0 Å². The summed E-state index contributed by atoms with van der Waals surface area (Å²) in [4.78, 5) is 22.6. The minimum atomic E-state index is 0.0831. The number of hydrogen-bond donors (Lipinski definition) is 0. The fourth-order valence-corrected chi connectivity index (χ4v) is 5.01. The van der Waals surface area contributed by atoms with Gasteiger partial charge in [0.25, 0.3) is 5.91 Å². The molecule has 3 heterocycles. The van der Waals surface area contributed by atoms with E-state index in [1.165, 1.54) is 0 Å². The van der Waals surface area contributed by atoms with Gasteiger partial charge in [-0.15, -0.1) is 10.2 Å². The van der Waals surface area contributed by atoms with Gasteiger partial charge in [-0.25, -0.2) is 9.38 Å². The zero-order valence-electron chi connectivity index (χ0n) is 21.0. The molecule has 3 aromatic carbocycles. The van der Waals surface area contributed by atoms with Gasteiger partial charge in [0.05, 0.1) is 12.6 Å². The third-order valence-electron chi connectivity index (χ3n) is 7.02. The quantitative estimate of drug-likeness (QED) is 0.365. The van der Waals surface area contributed by atoms with Crippen LogP contribution in [-0.2, 0) is 0 Å². The van der Waals surface area contributed by atoms with Crippen LogP contribution in [-0.4, -0.2) is 63.7 Å². The number of aromatic nitrogens is 4. The molecule has 37 heavy (non-hydrogen) atoms. The summed E-state index contributed by atoms with van der Waals surface area (Å²) in [6, 6.07) is 23.6. The molecule has 186 valence electrons. The van der Waals surface area contributed by atoms with Gasteiger partial charge in [-0.3, -0.25) is 4.79 Å². The molecule has 0 aliphatic carbocycles. The third kappa shape index (κ3) is 4.14. The Morgan fingerprint density at radius 2 is 1.65 bits per heavy atom. The second kappa shape index (κ2) is 9.54. The first-order valence-electron chi connectivity index (χ1n) is 12.5. The average Bonchev–Trinajstić information content (AvgIpc) is 3.24. The molecule has 8 heteroatoms. The van der Waals surface area contributed by atoms with Crippen molar-refractivity contribution in [3.8, 4) is 17.1 Å². The van der Waals surface area contributed by atoms with E-state index in [2.05, 4.69) is 15.1 Å². The zero-order valence-corrected chi connectivity index (χ0v) is 21.0. The maximum absolute atomic E-state index is 13.3. The lowest BCUT2D eigenvalue weighted by Gasteiger charge is -2.24. The zero-order chi connectivity index (χ0) is 25.4. The molecule has 0 radical (unpaired) electrons. The van der Waals surface area contributed by atoms with Gasteiger partial charge in [0.15, 0.2) is 11.5 Å². The average molecular weight is 493 g/mol. The van der Waals surface area contributed by atoms with Crippen LogP contribution < -0.4 is 9.64 Å². The minimum absolute atomic E-state index is 0.0831. The van der Waals surface area contributed by atoms with Gasteiger partial charge in [-0.1, -0.05) is 30.3 Å². The summed E-state index contributed by atoms with van der Waals surface area (Å²) in [6.07, 6.45) is 0.841. The van der Waals surface area contributed by atoms with Gasteiger partial charge >= 0.3 is 0 Å². The maximum atomic E-state index is 13.3. The Balaban J connectivity index is 1.40. The van der Waals surface area contributed by atoms with Crippen LogP contribution in [0.25, 0.3) is 27.9 Å². The molecule has 5 aromatic rings. The monoisotopic (exact) mass is 492 g/mol. The molecule has 0 unspecified atom stereocenters. The van der Waals surface area contributed by atoms with Crippen molar-refractivity contribution in [3.05, 3.63) is 83.9 Å². The number of carbonyl (C=O) groups is 1. The summed E-state index contributed by atoms with van der Waals surface area (Å²) < 4.78 is 7.38. The number of anilines is 1. The molecular formula is C29H28N6O2. The van der Waals surface area contributed by atoms with E-state index in [0.717, 1.165) is 63.7 Å². The summed E-state index contributed by atoms with van der Waals surface area (Å²) in [5.74, 6) is 2.38. The minimum Gasteiger partial charge on any atom is -0.497 e.